The Bertz CT molecular complexity index is 548. The summed E-state index contributed by atoms with van der Waals surface area (Å²) in [6.07, 6.45) is 3.21. The maximum absolute atomic E-state index is 12.2. The van der Waals surface area contributed by atoms with Crippen LogP contribution in [0, 0.1) is 0 Å². The van der Waals surface area contributed by atoms with Gasteiger partial charge in [0.05, 0.1) is 12.5 Å². The van der Waals surface area contributed by atoms with Crippen LogP contribution in [0.3, 0.4) is 0 Å². The van der Waals surface area contributed by atoms with Gasteiger partial charge in [-0.05, 0) is 17.7 Å². The first kappa shape index (κ1) is 12.8. The molecule has 94 valence electrons. The normalized spacial score (nSPS) is 10.4. The minimum absolute atomic E-state index is 0.0297. The van der Waals surface area contributed by atoms with Gasteiger partial charge in [0, 0.05) is 25.1 Å². The summed E-state index contributed by atoms with van der Waals surface area (Å²) in [5.41, 5.74) is 1.69. The maximum Gasteiger partial charge on any atom is 0.272 e. The standard InChI is InChI=1S/C13H14BrN3O/c1-16(8-10-3-5-11(14)6-4-10)13(18)12-7-15-9-17(12)2/h3-7,9H,8H2,1-2H3. The van der Waals surface area contributed by atoms with Crippen LogP contribution in [0.1, 0.15) is 16.1 Å². The van der Waals surface area contributed by atoms with Crippen LogP contribution in [0.4, 0.5) is 0 Å². The number of benzene rings is 1. The van der Waals surface area contributed by atoms with Crippen molar-refractivity contribution in [1.82, 2.24) is 14.5 Å². The number of imidazole rings is 1. The van der Waals surface area contributed by atoms with Gasteiger partial charge in [-0.15, -0.1) is 0 Å². The molecule has 0 fully saturated rings. The monoisotopic (exact) mass is 307 g/mol. The number of carbonyl (C=O) groups is 1. The molecular weight excluding hydrogens is 294 g/mol. The van der Waals surface area contributed by atoms with Crippen molar-refractivity contribution in [3.8, 4) is 0 Å². The van der Waals surface area contributed by atoms with Crippen molar-refractivity contribution in [3.63, 3.8) is 0 Å². The lowest BCUT2D eigenvalue weighted by Gasteiger charge is -2.17. The third-order valence-electron chi connectivity index (χ3n) is 2.72. The van der Waals surface area contributed by atoms with Crippen LogP contribution < -0.4 is 0 Å². The third-order valence-corrected chi connectivity index (χ3v) is 3.24. The van der Waals surface area contributed by atoms with Gasteiger partial charge in [-0.2, -0.15) is 0 Å². The molecule has 1 aromatic carbocycles. The van der Waals surface area contributed by atoms with Gasteiger partial charge in [0.15, 0.2) is 0 Å². The Balaban J connectivity index is 2.08. The van der Waals surface area contributed by atoms with E-state index in [2.05, 4.69) is 20.9 Å². The SMILES string of the molecule is CN(Cc1ccc(Br)cc1)C(=O)c1cncn1C. The van der Waals surface area contributed by atoms with E-state index in [1.54, 1.807) is 29.0 Å². The van der Waals surface area contributed by atoms with E-state index in [1.807, 2.05) is 31.3 Å². The Labute approximate surface area is 114 Å². The Hall–Kier alpha value is -1.62. The van der Waals surface area contributed by atoms with Gasteiger partial charge in [0.25, 0.3) is 5.91 Å². The third kappa shape index (κ3) is 2.79. The maximum atomic E-state index is 12.2. The molecule has 0 aliphatic heterocycles. The van der Waals surface area contributed by atoms with Crippen molar-refractivity contribution in [1.29, 1.82) is 0 Å². The zero-order valence-electron chi connectivity index (χ0n) is 10.3. The van der Waals surface area contributed by atoms with E-state index >= 15 is 0 Å². The average molecular weight is 308 g/mol. The van der Waals surface area contributed by atoms with Crippen LogP contribution in [0.25, 0.3) is 0 Å². The number of halogens is 1. The second-order valence-corrected chi connectivity index (χ2v) is 5.09. The van der Waals surface area contributed by atoms with Crippen LogP contribution in [-0.4, -0.2) is 27.4 Å². The van der Waals surface area contributed by atoms with Crippen molar-refractivity contribution >= 4 is 21.8 Å². The van der Waals surface area contributed by atoms with Crippen molar-refractivity contribution in [2.75, 3.05) is 7.05 Å². The lowest BCUT2D eigenvalue weighted by Crippen LogP contribution is -2.27. The quantitative estimate of drug-likeness (QED) is 0.873. The molecule has 2 aromatic rings. The molecule has 0 spiro atoms. The fourth-order valence-electron chi connectivity index (χ4n) is 1.69. The topological polar surface area (TPSA) is 38.1 Å². The van der Waals surface area contributed by atoms with E-state index in [9.17, 15) is 4.79 Å². The smallest absolute Gasteiger partial charge is 0.272 e. The molecule has 0 radical (unpaired) electrons. The van der Waals surface area contributed by atoms with Crippen molar-refractivity contribution in [2.45, 2.75) is 6.54 Å². The molecule has 1 aromatic heterocycles. The molecule has 0 bridgehead atoms. The minimum Gasteiger partial charge on any atom is -0.336 e. The molecule has 4 nitrogen and oxygen atoms in total. The number of hydrogen-bond donors (Lipinski definition) is 0. The van der Waals surface area contributed by atoms with E-state index in [1.165, 1.54) is 0 Å². The molecule has 18 heavy (non-hydrogen) atoms. The zero-order valence-corrected chi connectivity index (χ0v) is 11.9. The second kappa shape index (κ2) is 5.35. The van der Waals surface area contributed by atoms with Crippen LogP contribution in [0.2, 0.25) is 0 Å². The number of carbonyl (C=O) groups excluding carboxylic acids is 1. The van der Waals surface area contributed by atoms with E-state index in [4.69, 9.17) is 0 Å². The lowest BCUT2D eigenvalue weighted by molar-refractivity contribution is 0.0775. The highest BCUT2D eigenvalue weighted by Gasteiger charge is 2.14. The first-order valence-electron chi connectivity index (χ1n) is 5.54. The van der Waals surface area contributed by atoms with Crippen molar-refractivity contribution in [3.05, 3.63) is 52.5 Å². The van der Waals surface area contributed by atoms with Gasteiger partial charge >= 0.3 is 0 Å². The molecule has 0 aliphatic carbocycles. The zero-order chi connectivity index (χ0) is 13.1. The summed E-state index contributed by atoms with van der Waals surface area (Å²) >= 11 is 3.39. The van der Waals surface area contributed by atoms with Crippen molar-refractivity contribution < 1.29 is 4.79 Å². The van der Waals surface area contributed by atoms with Gasteiger partial charge < -0.3 is 9.47 Å². The number of nitrogens with zero attached hydrogens (tertiary/aromatic N) is 3. The first-order chi connectivity index (χ1) is 8.58. The molecule has 0 saturated carbocycles. The number of aryl methyl sites for hydroxylation is 1. The van der Waals surface area contributed by atoms with Gasteiger partial charge in [-0.3, -0.25) is 4.79 Å². The molecule has 1 amide bonds. The average Bonchev–Trinajstić information content (AvgIpc) is 2.77. The Kier molecular flexibility index (Phi) is 3.81. The molecule has 0 atom stereocenters. The van der Waals surface area contributed by atoms with Gasteiger partial charge in [-0.25, -0.2) is 4.98 Å². The van der Waals surface area contributed by atoms with Gasteiger partial charge in [0.2, 0.25) is 0 Å². The number of aromatic nitrogens is 2. The molecule has 5 heteroatoms. The summed E-state index contributed by atoms with van der Waals surface area (Å²) in [6.45, 7) is 0.581. The summed E-state index contributed by atoms with van der Waals surface area (Å²) in [5.74, 6) is -0.0297. The summed E-state index contributed by atoms with van der Waals surface area (Å²) in [5, 5.41) is 0. The molecule has 0 saturated heterocycles. The number of hydrogen-bond acceptors (Lipinski definition) is 2. The Morgan fingerprint density at radius 3 is 2.61 bits per heavy atom. The molecule has 1 heterocycles. The Morgan fingerprint density at radius 2 is 2.06 bits per heavy atom. The molecule has 2 rings (SSSR count). The Morgan fingerprint density at radius 1 is 1.39 bits per heavy atom. The molecular formula is C13H14BrN3O. The largest absolute Gasteiger partial charge is 0.336 e. The highest BCUT2D eigenvalue weighted by molar-refractivity contribution is 9.10. The minimum atomic E-state index is -0.0297. The van der Waals surface area contributed by atoms with E-state index in [0.29, 0.717) is 12.2 Å². The van der Waals surface area contributed by atoms with Gasteiger partial charge in [0.1, 0.15) is 5.69 Å². The molecule has 0 unspecified atom stereocenters. The van der Waals surface area contributed by atoms with E-state index < -0.39 is 0 Å². The van der Waals surface area contributed by atoms with Crippen LogP contribution in [-0.2, 0) is 13.6 Å². The fraction of sp³-hybridized carbons (Fsp3) is 0.231. The predicted molar refractivity (Wildman–Crippen MR) is 73.1 cm³/mol. The highest BCUT2D eigenvalue weighted by atomic mass is 79.9. The first-order valence-corrected chi connectivity index (χ1v) is 6.33. The van der Waals surface area contributed by atoms with Gasteiger partial charge in [-0.1, -0.05) is 28.1 Å². The van der Waals surface area contributed by atoms with Crippen LogP contribution in [0.15, 0.2) is 41.3 Å². The summed E-state index contributed by atoms with van der Waals surface area (Å²) in [7, 11) is 3.60. The van der Waals surface area contributed by atoms with Crippen LogP contribution >= 0.6 is 15.9 Å². The summed E-state index contributed by atoms with van der Waals surface area (Å²) < 4.78 is 2.76. The van der Waals surface area contributed by atoms with Crippen LogP contribution in [0.5, 0.6) is 0 Å². The molecule has 0 N–H and O–H groups in total. The van der Waals surface area contributed by atoms with E-state index in [-0.39, 0.29) is 5.91 Å². The highest BCUT2D eigenvalue weighted by Crippen LogP contribution is 2.12. The number of amides is 1. The lowest BCUT2D eigenvalue weighted by atomic mass is 10.2. The molecule has 0 aliphatic rings. The summed E-state index contributed by atoms with van der Waals surface area (Å²) in [6, 6.07) is 7.93. The van der Waals surface area contributed by atoms with Crippen molar-refractivity contribution in [2.24, 2.45) is 7.05 Å². The predicted octanol–water partition coefficient (Wildman–Crippen LogP) is 2.45. The number of rotatable bonds is 3. The second-order valence-electron chi connectivity index (χ2n) is 4.18. The fourth-order valence-corrected chi connectivity index (χ4v) is 1.96. The van der Waals surface area contributed by atoms with E-state index in [0.717, 1.165) is 10.0 Å². The summed E-state index contributed by atoms with van der Waals surface area (Å²) in [4.78, 5) is 17.8.